The van der Waals surface area contributed by atoms with Gasteiger partial charge in [-0.05, 0) is 48.1 Å². The maximum Gasteiger partial charge on any atom is 0.389 e. The molecule has 29 heavy (non-hydrogen) atoms. The van der Waals surface area contributed by atoms with E-state index in [2.05, 4.69) is 0 Å². The van der Waals surface area contributed by atoms with Crippen LogP contribution in [0.15, 0.2) is 42.5 Å². The first kappa shape index (κ1) is 21.4. The predicted octanol–water partition coefficient (Wildman–Crippen LogP) is 3.74. The Labute approximate surface area is 166 Å². The molecule has 2 N–H and O–H groups in total. The van der Waals surface area contributed by atoms with Crippen LogP contribution in [0.1, 0.15) is 35.4 Å². The lowest BCUT2D eigenvalue weighted by Crippen LogP contribution is -2.17. The molecule has 1 aliphatic carbocycles. The molecule has 0 spiro atoms. The summed E-state index contributed by atoms with van der Waals surface area (Å²) in [4.78, 5) is 0. The number of phenols is 1. The fourth-order valence-electron chi connectivity index (χ4n) is 3.74. The fourth-order valence-corrected chi connectivity index (χ4v) is 4.72. The number of benzene rings is 2. The van der Waals surface area contributed by atoms with E-state index in [1.54, 1.807) is 0 Å². The normalized spacial score (nSPS) is 19.2. The second kappa shape index (κ2) is 8.23. The maximum atomic E-state index is 12.2. The number of aliphatic hydroxyl groups excluding tert-OH is 1. The zero-order chi connectivity index (χ0) is 21.2. The van der Waals surface area contributed by atoms with Crippen LogP contribution in [-0.2, 0) is 16.5 Å². The summed E-state index contributed by atoms with van der Waals surface area (Å²) in [6, 6.07) is 11.4. The Balaban J connectivity index is 1.83. The van der Waals surface area contributed by atoms with Crippen molar-refractivity contribution in [3.63, 3.8) is 0 Å². The Morgan fingerprint density at radius 1 is 1.10 bits per heavy atom. The van der Waals surface area contributed by atoms with Gasteiger partial charge in [-0.25, -0.2) is 0 Å². The molecule has 0 unspecified atom stereocenters. The Hall–Kier alpha value is -2.26. The number of hydrogen-bond acceptors (Lipinski definition) is 5. The summed E-state index contributed by atoms with van der Waals surface area (Å²) in [7, 11) is -4.22. The van der Waals surface area contributed by atoms with Gasteiger partial charge in [-0.15, -0.1) is 0 Å². The molecule has 0 aliphatic heterocycles. The molecule has 0 saturated heterocycles. The average Bonchev–Trinajstić information content (AvgIpc) is 3.00. The fraction of sp³-hybridized carbons (Fsp3) is 0.400. The minimum atomic E-state index is -4.43. The van der Waals surface area contributed by atoms with Crippen molar-refractivity contribution < 1.29 is 36.0 Å². The molecule has 0 heterocycles. The molecule has 2 atom stereocenters. The summed E-state index contributed by atoms with van der Waals surface area (Å²) in [6.45, 7) is -0.125. The van der Waals surface area contributed by atoms with Gasteiger partial charge in [-0.3, -0.25) is 0 Å². The maximum absolute atomic E-state index is 12.2. The summed E-state index contributed by atoms with van der Waals surface area (Å²) in [5.41, 5.74) is 2.35. The van der Waals surface area contributed by atoms with Gasteiger partial charge < -0.3 is 14.4 Å². The van der Waals surface area contributed by atoms with Gasteiger partial charge in [0.05, 0.1) is 5.75 Å². The average molecular weight is 430 g/mol. The van der Waals surface area contributed by atoms with E-state index in [-0.39, 0.29) is 29.9 Å². The van der Waals surface area contributed by atoms with Crippen molar-refractivity contribution in [2.75, 3.05) is 12.4 Å². The highest BCUT2D eigenvalue weighted by molar-refractivity contribution is 7.87. The van der Waals surface area contributed by atoms with Crippen LogP contribution >= 0.6 is 0 Å². The summed E-state index contributed by atoms with van der Waals surface area (Å²) in [6.07, 6.45) is -5.64. The Morgan fingerprint density at radius 2 is 1.83 bits per heavy atom. The van der Waals surface area contributed by atoms with E-state index < -0.39 is 34.9 Å². The highest BCUT2D eigenvalue weighted by Crippen LogP contribution is 2.46. The Kier molecular flexibility index (Phi) is 6.09. The van der Waals surface area contributed by atoms with Crippen molar-refractivity contribution in [1.82, 2.24) is 0 Å². The van der Waals surface area contributed by atoms with Crippen LogP contribution in [0, 0.1) is 5.92 Å². The SMILES string of the molecule is O=S(=O)(CCCC(F)(F)F)Oc1ccc(O)c([C@@H]2c3ccccc3C[C@H]2CO)c1. The zero-order valence-corrected chi connectivity index (χ0v) is 16.2. The largest absolute Gasteiger partial charge is 0.508 e. The number of hydrogen-bond donors (Lipinski definition) is 2. The van der Waals surface area contributed by atoms with E-state index in [9.17, 15) is 31.8 Å². The number of halogens is 3. The third-order valence-electron chi connectivity index (χ3n) is 4.99. The van der Waals surface area contributed by atoms with Gasteiger partial charge in [0.2, 0.25) is 0 Å². The van der Waals surface area contributed by atoms with Crippen molar-refractivity contribution >= 4 is 10.1 Å². The second-order valence-electron chi connectivity index (χ2n) is 7.11. The van der Waals surface area contributed by atoms with Crippen molar-refractivity contribution in [2.45, 2.75) is 31.4 Å². The number of aromatic hydroxyl groups is 1. The van der Waals surface area contributed by atoms with Crippen molar-refractivity contribution in [2.24, 2.45) is 5.92 Å². The Morgan fingerprint density at radius 3 is 2.52 bits per heavy atom. The van der Waals surface area contributed by atoms with Gasteiger partial charge in [0.15, 0.2) is 0 Å². The number of fused-ring (bicyclic) bond motifs is 1. The summed E-state index contributed by atoms with van der Waals surface area (Å²) in [5, 5.41) is 20.1. The van der Waals surface area contributed by atoms with Crippen molar-refractivity contribution in [3.05, 3.63) is 59.2 Å². The van der Waals surface area contributed by atoms with Crippen molar-refractivity contribution in [1.29, 1.82) is 0 Å². The highest BCUT2D eigenvalue weighted by Gasteiger charge is 2.35. The molecule has 2 aromatic rings. The third kappa shape index (κ3) is 5.22. The van der Waals surface area contributed by atoms with Crippen LogP contribution in [-0.4, -0.2) is 37.2 Å². The standard InChI is InChI=1S/C20H21F3O5S/c21-20(22,23)8-3-9-29(26,27)28-15-6-7-18(25)17(11-15)19-14(12-24)10-13-4-1-2-5-16(13)19/h1-2,4-7,11,14,19,24-25H,3,8-10,12H2/t14-,19-/m0/s1. The van der Waals surface area contributed by atoms with Gasteiger partial charge in [0, 0.05) is 24.5 Å². The number of alkyl halides is 3. The van der Waals surface area contributed by atoms with Gasteiger partial charge in [0.25, 0.3) is 0 Å². The summed E-state index contributed by atoms with van der Waals surface area (Å²) >= 11 is 0. The molecule has 0 bridgehead atoms. The molecule has 9 heteroatoms. The molecule has 2 aromatic carbocycles. The molecule has 0 fully saturated rings. The third-order valence-corrected chi connectivity index (χ3v) is 6.23. The topological polar surface area (TPSA) is 83.8 Å². The molecule has 0 radical (unpaired) electrons. The minimum absolute atomic E-state index is 0.0769. The first-order valence-electron chi connectivity index (χ1n) is 9.10. The van der Waals surface area contributed by atoms with Crippen LogP contribution in [0.5, 0.6) is 11.5 Å². The van der Waals surface area contributed by atoms with Crippen LogP contribution in [0.2, 0.25) is 0 Å². The van der Waals surface area contributed by atoms with Crippen molar-refractivity contribution in [3.8, 4) is 11.5 Å². The van der Waals surface area contributed by atoms with E-state index >= 15 is 0 Å². The van der Waals surface area contributed by atoms with Gasteiger partial charge in [0.1, 0.15) is 11.5 Å². The summed E-state index contributed by atoms with van der Waals surface area (Å²) < 4.78 is 65.7. The van der Waals surface area contributed by atoms with E-state index in [1.165, 1.54) is 18.2 Å². The molecule has 0 saturated carbocycles. The first-order valence-corrected chi connectivity index (χ1v) is 10.7. The van der Waals surface area contributed by atoms with Gasteiger partial charge in [-0.2, -0.15) is 21.6 Å². The number of rotatable bonds is 7. The lowest BCUT2D eigenvalue weighted by molar-refractivity contribution is -0.134. The van der Waals surface area contributed by atoms with Gasteiger partial charge in [-0.1, -0.05) is 24.3 Å². The highest BCUT2D eigenvalue weighted by atomic mass is 32.2. The van der Waals surface area contributed by atoms with Crippen LogP contribution in [0.3, 0.4) is 0 Å². The quantitative estimate of drug-likeness (QED) is 0.654. The van der Waals surface area contributed by atoms with E-state index in [0.717, 1.165) is 11.1 Å². The molecule has 1 aliphatic rings. The second-order valence-corrected chi connectivity index (χ2v) is 8.80. The predicted molar refractivity (Wildman–Crippen MR) is 100 cm³/mol. The number of aliphatic hydroxyl groups is 1. The number of phenolic OH excluding ortho intramolecular Hbond substituents is 1. The van der Waals surface area contributed by atoms with Crippen LogP contribution < -0.4 is 4.18 Å². The molecule has 5 nitrogen and oxygen atoms in total. The minimum Gasteiger partial charge on any atom is -0.508 e. The van der Waals surface area contributed by atoms with Gasteiger partial charge >= 0.3 is 16.3 Å². The molecule has 158 valence electrons. The Bertz CT molecular complexity index is 972. The van der Waals surface area contributed by atoms with E-state index in [4.69, 9.17) is 4.18 Å². The zero-order valence-electron chi connectivity index (χ0n) is 15.4. The molecular weight excluding hydrogens is 409 g/mol. The lowest BCUT2D eigenvalue weighted by Gasteiger charge is -2.21. The molecule has 3 rings (SSSR count). The molecule has 0 aromatic heterocycles. The smallest absolute Gasteiger partial charge is 0.389 e. The lowest BCUT2D eigenvalue weighted by atomic mass is 9.85. The molecule has 0 amide bonds. The van der Waals surface area contributed by atoms with Crippen LogP contribution in [0.25, 0.3) is 0 Å². The first-order chi connectivity index (χ1) is 13.6. The monoisotopic (exact) mass is 430 g/mol. The van der Waals surface area contributed by atoms with E-state index in [1.807, 2.05) is 24.3 Å². The molecular formula is C20H21F3O5S. The van der Waals surface area contributed by atoms with E-state index in [0.29, 0.717) is 12.0 Å². The summed E-state index contributed by atoms with van der Waals surface area (Å²) in [5.74, 6) is -1.49. The van der Waals surface area contributed by atoms with Crippen LogP contribution in [0.4, 0.5) is 13.2 Å².